The normalized spacial score (nSPS) is 20.6. The Morgan fingerprint density at radius 2 is 1.78 bits per heavy atom. The maximum absolute atomic E-state index is 12.9. The molecule has 1 atom stereocenters. The quantitative estimate of drug-likeness (QED) is 0.548. The van der Waals surface area contributed by atoms with Gasteiger partial charge in [0.25, 0.3) is 5.91 Å². The minimum atomic E-state index is -0.633. The Balaban J connectivity index is 1.17. The van der Waals surface area contributed by atoms with Crippen molar-refractivity contribution in [1.29, 1.82) is 0 Å². The SMILES string of the molecule is CN1CCN(Cc2ccccc2CC(=O)NCc2ccc3c(c2)CN(C2CCC(=O)NC2=O)C3=O)CC1. The molecular formula is C28H33N5O4. The minimum absolute atomic E-state index is 0.0485. The summed E-state index contributed by atoms with van der Waals surface area (Å²) in [7, 11) is 2.14. The lowest BCUT2D eigenvalue weighted by Crippen LogP contribution is -2.52. The van der Waals surface area contributed by atoms with Gasteiger partial charge >= 0.3 is 0 Å². The zero-order chi connectivity index (χ0) is 25.9. The molecule has 0 aliphatic carbocycles. The fourth-order valence-electron chi connectivity index (χ4n) is 5.30. The predicted octanol–water partition coefficient (Wildman–Crippen LogP) is 1.05. The van der Waals surface area contributed by atoms with Gasteiger partial charge in [-0.05, 0) is 41.8 Å². The van der Waals surface area contributed by atoms with Gasteiger partial charge in [-0.2, -0.15) is 0 Å². The fourth-order valence-corrected chi connectivity index (χ4v) is 5.30. The van der Waals surface area contributed by atoms with Crippen molar-refractivity contribution in [2.24, 2.45) is 0 Å². The molecule has 0 bridgehead atoms. The summed E-state index contributed by atoms with van der Waals surface area (Å²) >= 11 is 0. The van der Waals surface area contributed by atoms with Crippen LogP contribution in [0.15, 0.2) is 42.5 Å². The van der Waals surface area contributed by atoms with Crippen molar-refractivity contribution in [1.82, 2.24) is 25.3 Å². The molecule has 4 amide bonds. The van der Waals surface area contributed by atoms with Crippen LogP contribution < -0.4 is 10.6 Å². The Morgan fingerprint density at radius 1 is 1.03 bits per heavy atom. The van der Waals surface area contributed by atoms with Gasteiger partial charge < -0.3 is 15.1 Å². The molecular weight excluding hydrogens is 470 g/mol. The summed E-state index contributed by atoms with van der Waals surface area (Å²) in [4.78, 5) is 55.7. The van der Waals surface area contributed by atoms with E-state index in [-0.39, 0.29) is 24.1 Å². The first-order valence-electron chi connectivity index (χ1n) is 12.9. The monoisotopic (exact) mass is 503 g/mol. The number of likely N-dealkylation sites (N-methyl/N-ethyl adjacent to an activating group) is 1. The van der Waals surface area contributed by atoms with Crippen LogP contribution in [0.5, 0.6) is 0 Å². The Morgan fingerprint density at radius 3 is 2.54 bits per heavy atom. The number of imide groups is 1. The average Bonchev–Trinajstić information content (AvgIpc) is 3.20. The van der Waals surface area contributed by atoms with Crippen LogP contribution in [0, 0.1) is 0 Å². The van der Waals surface area contributed by atoms with E-state index in [1.807, 2.05) is 30.3 Å². The van der Waals surface area contributed by atoms with Gasteiger partial charge in [-0.1, -0.05) is 36.4 Å². The van der Waals surface area contributed by atoms with Gasteiger partial charge in [0, 0.05) is 57.8 Å². The van der Waals surface area contributed by atoms with E-state index in [0.717, 1.165) is 49.4 Å². The third-order valence-corrected chi connectivity index (χ3v) is 7.54. The molecule has 3 heterocycles. The summed E-state index contributed by atoms with van der Waals surface area (Å²) in [6.45, 7) is 5.69. The summed E-state index contributed by atoms with van der Waals surface area (Å²) < 4.78 is 0. The molecule has 0 aromatic heterocycles. The lowest BCUT2D eigenvalue weighted by atomic mass is 10.0. The van der Waals surface area contributed by atoms with Crippen molar-refractivity contribution in [3.05, 3.63) is 70.3 Å². The van der Waals surface area contributed by atoms with Gasteiger partial charge in [0.1, 0.15) is 6.04 Å². The number of hydrogen-bond acceptors (Lipinski definition) is 6. The van der Waals surface area contributed by atoms with Gasteiger partial charge in [-0.3, -0.25) is 29.4 Å². The zero-order valence-corrected chi connectivity index (χ0v) is 21.2. The van der Waals surface area contributed by atoms with E-state index in [1.54, 1.807) is 6.07 Å². The van der Waals surface area contributed by atoms with Gasteiger partial charge in [-0.25, -0.2) is 0 Å². The van der Waals surface area contributed by atoms with Crippen LogP contribution in [0.3, 0.4) is 0 Å². The summed E-state index contributed by atoms with van der Waals surface area (Å²) in [5.41, 5.74) is 4.53. The van der Waals surface area contributed by atoms with Crippen LogP contribution in [-0.2, 0) is 40.4 Å². The van der Waals surface area contributed by atoms with E-state index in [4.69, 9.17) is 0 Å². The van der Waals surface area contributed by atoms with Gasteiger partial charge in [0.15, 0.2) is 0 Å². The topological polar surface area (TPSA) is 102 Å². The number of piperazine rings is 1. The number of fused-ring (bicyclic) bond motifs is 1. The molecule has 0 radical (unpaired) electrons. The maximum atomic E-state index is 12.9. The molecule has 0 saturated carbocycles. The second-order valence-electron chi connectivity index (χ2n) is 10.2. The van der Waals surface area contributed by atoms with E-state index in [9.17, 15) is 19.2 Å². The Hall–Kier alpha value is -3.56. The number of hydrogen-bond donors (Lipinski definition) is 2. The van der Waals surface area contributed by atoms with E-state index in [1.165, 1.54) is 10.5 Å². The predicted molar refractivity (Wildman–Crippen MR) is 137 cm³/mol. The maximum Gasteiger partial charge on any atom is 0.255 e. The number of carbonyl (C=O) groups excluding carboxylic acids is 4. The number of benzene rings is 2. The first-order valence-corrected chi connectivity index (χ1v) is 12.9. The summed E-state index contributed by atoms with van der Waals surface area (Å²) in [6.07, 6.45) is 0.881. The first-order chi connectivity index (χ1) is 17.9. The highest BCUT2D eigenvalue weighted by Gasteiger charge is 2.39. The highest BCUT2D eigenvalue weighted by molar-refractivity contribution is 6.05. The number of rotatable bonds is 7. The summed E-state index contributed by atoms with van der Waals surface area (Å²) in [6, 6.07) is 13.0. The van der Waals surface area contributed by atoms with E-state index >= 15 is 0 Å². The number of nitrogens with zero attached hydrogens (tertiary/aromatic N) is 3. The van der Waals surface area contributed by atoms with Crippen LogP contribution >= 0.6 is 0 Å². The van der Waals surface area contributed by atoms with Crippen LogP contribution in [0.1, 0.15) is 45.5 Å². The van der Waals surface area contributed by atoms with Crippen LogP contribution in [0.25, 0.3) is 0 Å². The average molecular weight is 504 g/mol. The Labute approximate surface area is 216 Å². The van der Waals surface area contributed by atoms with Crippen LogP contribution in [-0.4, -0.2) is 77.6 Å². The summed E-state index contributed by atoms with van der Waals surface area (Å²) in [5, 5.41) is 5.34. The molecule has 2 N–H and O–H groups in total. The van der Waals surface area contributed by atoms with E-state index in [0.29, 0.717) is 31.5 Å². The van der Waals surface area contributed by atoms with Crippen molar-refractivity contribution in [2.45, 2.75) is 44.9 Å². The number of amides is 4. The second kappa shape index (κ2) is 10.8. The molecule has 0 spiro atoms. The molecule has 9 nitrogen and oxygen atoms in total. The fraction of sp³-hybridized carbons (Fsp3) is 0.429. The molecule has 2 aromatic rings. The third-order valence-electron chi connectivity index (χ3n) is 7.54. The molecule has 194 valence electrons. The standard InChI is InChI=1S/C28H33N5O4/c1-31-10-12-32(13-11-31)17-21-5-3-2-4-20(21)15-26(35)29-16-19-6-7-23-22(14-19)18-33(28(23)37)24-8-9-25(34)30-27(24)36/h2-7,14,24H,8-13,15-18H2,1H3,(H,29,35)(H,30,34,36). The zero-order valence-electron chi connectivity index (χ0n) is 21.2. The highest BCUT2D eigenvalue weighted by Crippen LogP contribution is 2.28. The Kier molecular flexibility index (Phi) is 7.34. The molecule has 2 aromatic carbocycles. The third kappa shape index (κ3) is 5.73. The number of nitrogens with one attached hydrogen (secondary N) is 2. The minimum Gasteiger partial charge on any atom is -0.352 e. The highest BCUT2D eigenvalue weighted by atomic mass is 16.2. The van der Waals surface area contributed by atoms with E-state index < -0.39 is 11.9 Å². The lowest BCUT2D eigenvalue weighted by molar-refractivity contribution is -0.137. The van der Waals surface area contributed by atoms with Gasteiger partial charge in [0.2, 0.25) is 17.7 Å². The molecule has 5 rings (SSSR count). The lowest BCUT2D eigenvalue weighted by Gasteiger charge is -2.32. The van der Waals surface area contributed by atoms with Gasteiger partial charge in [0.05, 0.1) is 6.42 Å². The van der Waals surface area contributed by atoms with Crippen molar-refractivity contribution < 1.29 is 19.2 Å². The molecule has 1 unspecified atom stereocenters. The molecule has 3 aliphatic rings. The first kappa shape index (κ1) is 25.1. The molecule has 2 fully saturated rings. The molecule has 37 heavy (non-hydrogen) atoms. The van der Waals surface area contributed by atoms with E-state index in [2.05, 4.69) is 33.5 Å². The van der Waals surface area contributed by atoms with Crippen molar-refractivity contribution in [3.8, 4) is 0 Å². The van der Waals surface area contributed by atoms with Gasteiger partial charge in [-0.15, -0.1) is 0 Å². The Bertz CT molecular complexity index is 1220. The van der Waals surface area contributed by atoms with Crippen molar-refractivity contribution in [3.63, 3.8) is 0 Å². The molecule has 3 aliphatic heterocycles. The second-order valence-corrected chi connectivity index (χ2v) is 10.2. The van der Waals surface area contributed by atoms with Crippen molar-refractivity contribution >= 4 is 23.6 Å². The number of piperidine rings is 1. The van der Waals surface area contributed by atoms with Crippen molar-refractivity contribution in [2.75, 3.05) is 33.2 Å². The number of carbonyl (C=O) groups is 4. The molecule has 2 saturated heterocycles. The smallest absolute Gasteiger partial charge is 0.255 e. The largest absolute Gasteiger partial charge is 0.352 e. The van der Waals surface area contributed by atoms with Crippen LogP contribution in [0.4, 0.5) is 0 Å². The molecule has 9 heteroatoms. The summed E-state index contributed by atoms with van der Waals surface area (Å²) in [5.74, 6) is -0.965. The van der Waals surface area contributed by atoms with Crippen LogP contribution in [0.2, 0.25) is 0 Å².